The van der Waals surface area contributed by atoms with Gasteiger partial charge in [-0.15, -0.1) is 16.4 Å². The second kappa shape index (κ2) is 2.13. The van der Waals surface area contributed by atoms with E-state index in [1.54, 1.807) is 0 Å². The first-order valence-corrected chi connectivity index (χ1v) is 3.81. The molecule has 0 atom stereocenters. The van der Waals surface area contributed by atoms with Crippen molar-refractivity contribution < 1.29 is 4.39 Å². The van der Waals surface area contributed by atoms with E-state index in [0.29, 0.717) is 5.39 Å². The first-order valence-electron chi connectivity index (χ1n) is 2.93. The maximum atomic E-state index is 12.9. The molecule has 0 unspecified atom stereocenters. The number of nitrogen functional groups attached to an aromatic ring is 1. The predicted octanol–water partition coefficient (Wildman–Crippen LogP) is 1.41. The average molecular weight is 169 g/mol. The molecule has 0 bridgehead atoms. The van der Waals surface area contributed by atoms with Crippen LogP contribution in [0.5, 0.6) is 0 Å². The third-order valence-corrected chi connectivity index (χ3v) is 2.26. The van der Waals surface area contributed by atoms with E-state index in [9.17, 15) is 4.39 Å². The van der Waals surface area contributed by atoms with Crippen molar-refractivity contribution >= 4 is 27.2 Å². The van der Waals surface area contributed by atoms with E-state index in [1.165, 1.54) is 22.9 Å². The molecule has 2 aromatic heterocycles. The van der Waals surface area contributed by atoms with Gasteiger partial charge in [-0.2, -0.15) is 5.10 Å². The molecule has 3 nitrogen and oxygen atoms in total. The topological polar surface area (TPSA) is 51.8 Å². The lowest BCUT2D eigenvalue weighted by molar-refractivity contribution is 0.644. The van der Waals surface area contributed by atoms with Crippen LogP contribution in [0.1, 0.15) is 0 Å². The molecule has 2 N–H and O–H groups in total. The van der Waals surface area contributed by atoms with Crippen LogP contribution in [-0.4, -0.2) is 10.2 Å². The quantitative estimate of drug-likeness (QED) is 0.648. The van der Waals surface area contributed by atoms with Crippen molar-refractivity contribution in [3.63, 3.8) is 0 Å². The van der Waals surface area contributed by atoms with Crippen LogP contribution in [-0.2, 0) is 0 Å². The van der Waals surface area contributed by atoms with Crippen molar-refractivity contribution in [1.82, 2.24) is 10.2 Å². The highest BCUT2D eigenvalue weighted by molar-refractivity contribution is 7.17. The van der Waals surface area contributed by atoms with Gasteiger partial charge in [0.05, 0.1) is 16.3 Å². The van der Waals surface area contributed by atoms with E-state index in [4.69, 9.17) is 5.73 Å². The highest BCUT2D eigenvalue weighted by atomic mass is 32.1. The van der Waals surface area contributed by atoms with Gasteiger partial charge in [-0.05, 0) is 0 Å². The number of fused-ring (bicyclic) bond motifs is 1. The van der Waals surface area contributed by atoms with Crippen molar-refractivity contribution in [3.05, 3.63) is 17.4 Å². The highest BCUT2D eigenvalue weighted by Gasteiger charge is 2.06. The molecule has 0 aliphatic carbocycles. The number of nitrogens with two attached hydrogens (primary N) is 1. The van der Waals surface area contributed by atoms with Crippen LogP contribution in [0.25, 0.3) is 10.1 Å². The first kappa shape index (κ1) is 6.48. The molecule has 0 fully saturated rings. The van der Waals surface area contributed by atoms with Crippen LogP contribution in [0.15, 0.2) is 11.6 Å². The summed E-state index contributed by atoms with van der Waals surface area (Å²) in [7, 11) is 0. The molecule has 11 heavy (non-hydrogen) atoms. The van der Waals surface area contributed by atoms with Crippen molar-refractivity contribution in [2.75, 3.05) is 5.73 Å². The monoisotopic (exact) mass is 169 g/mol. The molecule has 0 amide bonds. The molecule has 0 radical (unpaired) electrons. The Hall–Kier alpha value is -1.23. The number of hydrogen-bond acceptors (Lipinski definition) is 4. The summed E-state index contributed by atoms with van der Waals surface area (Å²) in [6.45, 7) is 0. The molecule has 0 aromatic carbocycles. The van der Waals surface area contributed by atoms with Gasteiger partial charge in [0.15, 0.2) is 5.82 Å². The molecule has 2 aromatic rings. The van der Waals surface area contributed by atoms with Gasteiger partial charge in [-0.3, -0.25) is 0 Å². The summed E-state index contributed by atoms with van der Waals surface area (Å²) >= 11 is 1.27. The van der Waals surface area contributed by atoms with Crippen molar-refractivity contribution in [1.29, 1.82) is 0 Å². The second-order valence-corrected chi connectivity index (χ2v) is 2.96. The molecule has 0 saturated carbocycles. The number of thiophene rings is 1. The van der Waals surface area contributed by atoms with Gasteiger partial charge in [0, 0.05) is 5.38 Å². The normalized spacial score (nSPS) is 10.6. The molecule has 2 heterocycles. The van der Waals surface area contributed by atoms with Crippen molar-refractivity contribution in [2.45, 2.75) is 0 Å². The average Bonchev–Trinajstić information content (AvgIpc) is 2.34. The fourth-order valence-electron chi connectivity index (χ4n) is 0.888. The fourth-order valence-corrected chi connectivity index (χ4v) is 1.66. The summed E-state index contributed by atoms with van der Waals surface area (Å²) in [5.41, 5.74) is 5.39. The number of hydrogen-bond donors (Lipinski definition) is 1. The molecule has 56 valence electrons. The Morgan fingerprint density at radius 1 is 1.55 bits per heavy atom. The number of aromatic nitrogens is 2. The van der Waals surface area contributed by atoms with Gasteiger partial charge >= 0.3 is 0 Å². The van der Waals surface area contributed by atoms with E-state index in [0.717, 1.165) is 4.70 Å². The molecule has 0 aliphatic rings. The molecule has 2 rings (SSSR count). The lowest BCUT2D eigenvalue weighted by atomic mass is 10.3. The van der Waals surface area contributed by atoms with Crippen LogP contribution in [0.2, 0.25) is 0 Å². The highest BCUT2D eigenvalue weighted by Crippen LogP contribution is 2.26. The van der Waals surface area contributed by atoms with Gasteiger partial charge in [0.2, 0.25) is 0 Å². The van der Waals surface area contributed by atoms with Crippen molar-refractivity contribution in [2.24, 2.45) is 0 Å². The lowest BCUT2D eigenvalue weighted by Crippen LogP contribution is -1.92. The Labute approximate surface area is 65.7 Å². The third-order valence-electron chi connectivity index (χ3n) is 1.37. The molecule has 5 heteroatoms. The van der Waals surface area contributed by atoms with Crippen LogP contribution in [0, 0.1) is 5.82 Å². The summed E-state index contributed by atoms with van der Waals surface area (Å²) in [6.07, 6.45) is 1.50. The third kappa shape index (κ3) is 0.848. The minimum atomic E-state index is -0.322. The van der Waals surface area contributed by atoms with E-state index in [2.05, 4.69) is 10.2 Å². The fraction of sp³-hybridized carbons (Fsp3) is 0. The van der Waals surface area contributed by atoms with Crippen LogP contribution >= 0.6 is 11.3 Å². The number of halogens is 1. The van der Waals surface area contributed by atoms with E-state index in [-0.39, 0.29) is 11.6 Å². The first-order chi connectivity index (χ1) is 5.29. The summed E-state index contributed by atoms with van der Waals surface area (Å²) in [4.78, 5) is 0. The maximum Gasteiger partial charge on any atom is 0.157 e. The minimum Gasteiger partial charge on any atom is -0.382 e. The zero-order chi connectivity index (χ0) is 7.84. The van der Waals surface area contributed by atoms with Crippen molar-refractivity contribution in [3.8, 4) is 0 Å². The second-order valence-electron chi connectivity index (χ2n) is 2.05. The summed E-state index contributed by atoms with van der Waals surface area (Å²) in [5.74, 6) is -0.168. The molecule has 0 aliphatic heterocycles. The Kier molecular flexibility index (Phi) is 1.25. The summed E-state index contributed by atoms with van der Waals surface area (Å²) in [5, 5.41) is 8.90. The maximum absolute atomic E-state index is 12.9. The zero-order valence-electron chi connectivity index (χ0n) is 5.41. The number of nitrogens with zero attached hydrogens (tertiary/aromatic N) is 2. The largest absolute Gasteiger partial charge is 0.382 e. The van der Waals surface area contributed by atoms with Crippen LogP contribution in [0.3, 0.4) is 0 Å². The van der Waals surface area contributed by atoms with Crippen LogP contribution < -0.4 is 5.73 Å². The number of rotatable bonds is 0. The Morgan fingerprint density at radius 3 is 3.09 bits per heavy atom. The number of anilines is 1. The van der Waals surface area contributed by atoms with Gasteiger partial charge in [0.1, 0.15) is 5.82 Å². The van der Waals surface area contributed by atoms with E-state index < -0.39 is 0 Å². The van der Waals surface area contributed by atoms with E-state index in [1.807, 2.05) is 0 Å². The van der Waals surface area contributed by atoms with Crippen LogP contribution in [0.4, 0.5) is 10.2 Å². The van der Waals surface area contributed by atoms with Gasteiger partial charge in [-0.1, -0.05) is 0 Å². The van der Waals surface area contributed by atoms with Gasteiger partial charge in [0.25, 0.3) is 0 Å². The lowest BCUT2D eigenvalue weighted by Gasteiger charge is -1.91. The standard InChI is InChI=1S/C6H4FN3S/c7-3-2-11-4-1-9-10-6(8)5(3)4/h1-2H,(H2,8,10). The molecular weight excluding hydrogens is 165 g/mol. The SMILES string of the molecule is Nc1nncc2scc(F)c12. The molecule has 0 saturated heterocycles. The molecule has 0 spiro atoms. The molecular formula is C6H4FN3S. The Balaban J connectivity index is 2.96. The summed E-state index contributed by atoms with van der Waals surface area (Å²) in [6, 6.07) is 0. The minimum absolute atomic E-state index is 0.154. The van der Waals surface area contributed by atoms with Gasteiger partial charge < -0.3 is 5.73 Å². The predicted molar refractivity (Wildman–Crippen MR) is 41.8 cm³/mol. The Morgan fingerprint density at radius 2 is 2.36 bits per heavy atom. The smallest absolute Gasteiger partial charge is 0.157 e. The van der Waals surface area contributed by atoms with Gasteiger partial charge in [-0.25, -0.2) is 4.39 Å². The summed E-state index contributed by atoms with van der Waals surface area (Å²) < 4.78 is 13.6. The Bertz CT molecular complexity index is 398. The zero-order valence-corrected chi connectivity index (χ0v) is 6.23. The van der Waals surface area contributed by atoms with E-state index >= 15 is 0 Å².